The smallest absolute Gasteiger partial charge is 0.0376 e. The van der Waals surface area contributed by atoms with E-state index in [0.717, 1.165) is 19.4 Å². The van der Waals surface area contributed by atoms with Crippen molar-refractivity contribution >= 4 is 0 Å². The quantitative estimate of drug-likeness (QED) is 0.473. The first-order valence-corrected chi connectivity index (χ1v) is 3.99. The molecule has 0 aromatic heterocycles. The van der Waals surface area contributed by atoms with Crippen LogP contribution in [-0.4, -0.2) is 12.1 Å². The maximum atomic E-state index is 5.11. The molecule has 0 saturated carbocycles. The van der Waals surface area contributed by atoms with Gasteiger partial charge in [-0.05, 0) is 38.5 Å². The van der Waals surface area contributed by atoms with Crippen molar-refractivity contribution < 1.29 is 0 Å². The molecule has 1 heteroatoms. The van der Waals surface area contributed by atoms with Crippen LogP contribution in [0.4, 0.5) is 0 Å². The first-order valence-electron chi connectivity index (χ1n) is 3.99. The van der Waals surface area contributed by atoms with E-state index in [9.17, 15) is 0 Å². The lowest BCUT2D eigenvalue weighted by molar-refractivity contribution is 0.256. The number of allylic oxidation sites excluding steroid dienone is 1. The molecule has 0 aromatic carbocycles. The van der Waals surface area contributed by atoms with Crippen LogP contribution < -0.4 is 5.32 Å². The standard InChI is InChI=1S/C10H14N/c1-3-5-6-7-10(4-2)8-9-11-10/h1,4-5,11H,2,6-9H2. The minimum Gasteiger partial charge on any atom is -0.308 e. The molecule has 1 radical (unpaired) electrons. The number of hydrogen-bond acceptors (Lipinski definition) is 1. The van der Waals surface area contributed by atoms with Gasteiger partial charge in [-0.2, -0.15) is 0 Å². The molecule has 1 rings (SSSR count). The van der Waals surface area contributed by atoms with Crippen molar-refractivity contribution in [1.29, 1.82) is 0 Å². The monoisotopic (exact) mass is 148 g/mol. The highest BCUT2D eigenvalue weighted by Crippen LogP contribution is 2.25. The van der Waals surface area contributed by atoms with Crippen LogP contribution in [0.15, 0.2) is 24.5 Å². The average molecular weight is 148 g/mol. The van der Waals surface area contributed by atoms with Crippen LogP contribution in [-0.2, 0) is 0 Å². The highest BCUT2D eigenvalue weighted by molar-refractivity contribution is 5.09. The first-order chi connectivity index (χ1) is 5.33. The minimum absolute atomic E-state index is 0.202. The zero-order valence-corrected chi connectivity index (χ0v) is 6.77. The van der Waals surface area contributed by atoms with E-state index in [-0.39, 0.29) is 5.54 Å². The van der Waals surface area contributed by atoms with Gasteiger partial charge in [-0.3, -0.25) is 0 Å². The van der Waals surface area contributed by atoms with Crippen molar-refractivity contribution in [2.75, 3.05) is 6.54 Å². The van der Waals surface area contributed by atoms with Gasteiger partial charge < -0.3 is 5.32 Å². The molecular formula is C10H14N. The molecule has 0 amide bonds. The molecule has 1 fully saturated rings. The molecule has 0 bridgehead atoms. The summed E-state index contributed by atoms with van der Waals surface area (Å²) in [6, 6.07) is 0. The van der Waals surface area contributed by atoms with E-state index in [1.807, 2.05) is 12.2 Å². The van der Waals surface area contributed by atoms with E-state index in [1.54, 1.807) is 0 Å². The molecule has 1 aliphatic rings. The van der Waals surface area contributed by atoms with Crippen molar-refractivity contribution in [3.63, 3.8) is 0 Å². The maximum absolute atomic E-state index is 5.11. The summed E-state index contributed by atoms with van der Waals surface area (Å²) >= 11 is 0. The van der Waals surface area contributed by atoms with Crippen molar-refractivity contribution in [2.24, 2.45) is 0 Å². The van der Waals surface area contributed by atoms with Gasteiger partial charge in [0.05, 0.1) is 0 Å². The fraction of sp³-hybridized carbons (Fsp3) is 0.500. The van der Waals surface area contributed by atoms with E-state index in [1.165, 1.54) is 6.42 Å². The molecule has 1 saturated heterocycles. The van der Waals surface area contributed by atoms with Gasteiger partial charge in [-0.15, -0.1) is 12.3 Å². The van der Waals surface area contributed by atoms with E-state index in [0.29, 0.717) is 0 Å². The normalized spacial score (nSPS) is 28.4. The van der Waals surface area contributed by atoms with E-state index >= 15 is 0 Å². The van der Waals surface area contributed by atoms with Crippen molar-refractivity contribution in [1.82, 2.24) is 5.32 Å². The molecule has 11 heavy (non-hydrogen) atoms. The maximum Gasteiger partial charge on any atom is 0.0376 e. The molecule has 1 aliphatic heterocycles. The largest absolute Gasteiger partial charge is 0.308 e. The Kier molecular flexibility index (Phi) is 2.70. The van der Waals surface area contributed by atoms with Crippen LogP contribution in [0.1, 0.15) is 19.3 Å². The van der Waals surface area contributed by atoms with Gasteiger partial charge in [0.1, 0.15) is 0 Å². The molecule has 1 heterocycles. The van der Waals surface area contributed by atoms with E-state index in [4.69, 9.17) is 6.58 Å². The fourth-order valence-corrected chi connectivity index (χ4v) is 1.35. The third-order valence-corrected chi connectivity index (χ3v) is 2.29. The van der Waals surface area contributed by atoms with Crippen molar-refractivity contribution in [2.45, 2.75) is 24.8 Å². The Morgan fingerprint density at radius 3 is 2.82 bits per heavy atom. The van der Waals surface area contributed by atoms with Gasteiger partial charge in [0, 0.05) is 5.54 Å². The minimum atomic E-state index is 0.202. The third kappa shape index (κ3) is 1.83. The summed E-state index contributed by atoms with van der Waals surface area (Å²) in [4.78, 5) is 0. The van der Waals surface area contributed by atoms with Gasteiger partial charge in [-0.25, -0.2) is 0 Å². The first kappa shape index (κ1) is 8.32. The molecule has 1 N–H and O–H groups in total. The van der Waals surface area contributed by atoms with Gasteiger partial charge in [0.25, 0.3) is 0 Å². The second-order valence-electron chi connectivity index (χ2n) is 2.95. The number of hydrogen-bond donors (Lipinski definition) is 1. The van der Waals surface area contributed by atoms with Crippen LogP contribution in [0.2, 0.25) is 0 Å². The van der Waals surface area contributed by atoms with Crippen molar-refractivity contribution in [3.8, 4) is 0 Å². The van der Waals surface area contributed by atoms with Crippen LogP contribution in [0.25, 0.3) is 0 Å². The van der Waals surface area contributed by atoms with Crippen LogP contribution in [0, 0.1) is 6.58 Å². The Hall–Kier alpha value is -0.780. The molecule has 1 nitrogen and oxygen atoms in total. The van der Waals surface area contributed by atoms with E-state index in [2.05, 4.69) is 17.6 Å². The number of nitrogens with one attached hydrogen (secondary N) is 1. The summed E-state index contributed by atoms with van der Waals surface area (Å²) in [6.45, 7) is 10.0. The summed E-state index contributed by atoms with van der Waals surface area (Å²) in [5.41, 5.74) is 2.73. The lowest BCUT2D eigenvalue weighted by Crippen LogP contribution is -2.55. The van der Waals surface area contributed by atoms with E-state index < -0.39 is 0 Å². The Morgan fingerprint density at radius 1 is 1.73 bits per heavy atom. The molecule has 0 aliphatic carbocycles. The summed E-state index contributed by atoms with van der Waals surface area (Å²) in [5.74, 6) is 0. The van der Waals surface area contributed by atoms with Gasteiger partial charge in [0.2, 0.25) is 0 Å². The second kappa shape index (κ2) is 3.56. The zero-order chi connectivity index (χ0) is 8.16. The predicted octanol–water partition coefficient (Wildman–Crippen LogP) is 1.83. The summed E-state index contributed by atoms with van der Waals surface area (Å²) in [5, 5.41) is 3.36. The van der Waals surface area contributed by atoms with Crippen LogP contribution >= 0.6 is 0 Å². The van der Waals surface area contributed by atoms with Gasteiger partial charge >= 0.3 is 0 Å². The Labute approximate surface area is 68.5 Å². The lowest BCUT2D eigenvalue weighted by Gasteiger charge is -2.40. The predicted molar refractivity (Wildman–Crippen MR) is 47.2 cm³/mol. The van der Waals surface area contributed by atoms with Gasteiger partial charge in [0.15, 0.2) is 0 Å². The number of rotatable bonds is 4. The Morgan fingerprint density at radius 2 is 2.45 bits per heavy atom. The SMILES string of the molecule is [CH]=C=CCCC1(C=C)CCN1. The van der Waals surface area contributed by atoms with Gasteiger partial charge in [-0.1, -0.05) is 6.08 Å². The Balaban J connectivity index is 2.32. The van der Waals surface area contributed by atoms with Crippen LogP contribution in [0.3, 0.4) is 0 Å². The highest BCUT2D eigenvalue weighted by atomic mass is 15.0. The molecule has 1 unspecified atom stereocenters. The Bertz CT molecular complexity index is 183. The fourth-order valence-electron chi connectivity index (χ4n) is 1.35. The zero-order valence-electron chi connectivity index (χ0n) is 6.77. The molecule has 0 spiro atoms. The summed E-state index contributed by atoms with van der Waals surface area (Å²) in [6.07, 6.45) is 7.14. The van der Waals surface area contributed by atoms with Crippen molar-refractivity contribution in [3.05, 3.63) is 31.0 Å². The molecular weight excluding hydrogens is 134 g/mol. The topological polar surface area (TPSA) is 12.0 Å². The average Bonchev–Trinajstić information content (AvgIpc) is 1.95. The summed E-state index contributed by atoms with van der Waals surface area (Å²) in [7, 11) is 0. The van der Waals surface area contributed by atoms with Crippen LogP contribution in [0.5, 0.6) is 0 Å². The lowest BCUT2D eigenvalue weighted by atomic mass is 9.83. The highest BCUT2D eigenvalue weighted by Gasteiger charge is 2.31. The summed E-state index contributed by atoms with van der Waals surface area (Å²) < 4.78 is 0. The second-order valence-corrected chi connectivity index (χ2v) is 2.95. The molecule has 0 aromatic rings. The molecule has 1 atom stereocenters. The third-order valence-electron chi connectivity index (χ3n) is 2.29. The molecule has 59 valence electrons.